The molecule has 0 bridgehead atoms. The number of aryl methyl sites for hydroxylation is 1. The second-order valence-corrected chi connectivity index (χ2v) is 7.85. The maximum atomic E-state index is 13.0. The van der Waals surface area contributed by atoms with Crippen LogP contribution in [-0.4, -0.2) is 43.6 Å². The summed E-state index contributed by atoms with van der Waals surface area (Å²) in [6.07, 6.45) is 3.41. The van der Waals surface area contributed by atoms with E-state index in [-0.39, 0.29) is 5.91 Å². The molecule has 30 heavy (non-hydrogen) atoms. The van der Waals surface area contributed by atoms with Crippen LogP contribution in [0.2, 0.25) is 0 Å². The first-order valence-electron chi connectivity index (χ1n) is 9.76. The van der Waals surface area contributed by atoms with Gasteiger partial charge >= 0.3 is 0 Å². The quantitative estimate of drug-likeness (QED) is 0.488. The van der Waals surface area contributed by atoms with E-state index in [9.17, 15) is 4.79 Å². The molecule has 1 amide bonds. The van der Waals surface area contributed by atoms with E-state index < -0.39 is 0 Å². The average Bonchev–Trinajstić information content (AvgIpc) is 2.79. The van der Waals surface area contributed by atoms with Crippen LogP contribution < -0.4 is 9.47 Å². The first-order chi connectivity index (χ1) is 14.6. The zero-order chi connectivity index (χ0) is 21.3. The third-order valence-electron chi connectivity index (χ3n) is 4.71. The van der Waals surface area contributed by atoms with Crippen molar-refractivity contribution in [2.45, 2.75) is 22.8 Å². The number of benzene rings is 2. The summed E-state index contributed by atoms with van der Waals surface area (Å²) >= 11 is 1.50. The van der Waals surface area contributed by atoms with E-state index in [1.165, 1.54) is 11.8 Å². The van der Waals surface area contributed by atoms with Crippen molar-refractivity contribution in [3.05, 3.63) is 78.0 Å². The molecule has 5 nitrogen and oxygen atoms in total. The van der Waals surface area contributed by atoms with Gasteiger partial charge in [0.2, 0.25) is 0 Å². The van der Waals surface area contributed by atoms with Crippen molar-refractivity contribution in [1.82, 2.24) is 9.88 Å². The van der Waals surface area contributed by atoms with Gasteiger partial charge in [-0.05, 0) is 54.8 Å². The SMILES string of the molecule is COc1ccc(CCCN(C)C(=O)c2cccnc2Sc2ccccc2)cc1OC. The summed E-state index contributed by atoms with van der Waals surface area (Å²) in [5, 5.41) is 0.723. The van der Waals surface area contributed by atoms with E-state index in [1.54, 1.807) is 31.4 Å². The number of hydrogen-bond acceptors (Lipinski definition) is 5. The van der Waals surface area contributed by atoms with Crippen molar-refractivity contribution in [2.24, 2.45) is 0 Å². The number of nitrogens with zero attached hydrogens (tertiary/aromatic N) is 2. The van der Waals surface area contributed by atoms with E-state index in [1.807, 2.05) is 61.6 Å². The number of carbonyl (C=O) groups is 1. The fourth-order valence-electron chi connectivity index (χ4n) is 3.10. The Hall–Kier alpha value is -2.99. The predicted octanol–water partition coefficient (Wildman–Crippen LogP) is 4.95. The van der Waals surface area contributed by atoms with Crippen molar-refractivity contribution in [3.63, 3.8) is 0 Å². The first kappa shape index (κ1) is 21.7. The highest BCUT2D eigenvalue weighted by atomic mass is 32.2. The van der Waals surface area contributed by atoms with Gasteiger partial charge in [0.1, 0.15) is 5.03 Å². The molecule has 0 atom stereocenters. The molecule has 156 valence electrons. The van der Waals surface area contributed by atoms with E-state index in [0.29, 0.717) is 17.9 Å². The fourth-order valence-corrected chi connectivity index (χ4v) is 3.99. The molecule has 1 aromatic heterocycles. The molecule has 1 heterocycles. The minimum Gasteiger partial charge on any atom is -0.493 e. The largest absolute Gasteiger partial charge is 0.493 e. The van der Waals surface area contributed by atoms with Gasteiger partial charge in [-0.25, -0.2) is 4.98 Å². The lowest BCUT2D eigenvalue weighted by atomic mass is 10.1. The Bertz CT molecular complexity index is 979. The Morgan fingerprint density at radius 1 is 1.00 bits per heavy atom. The summed E-state index contributed by atoms with van der Waals surface area (Å²) in [5.74, 6) is 1.42. The number of methoxy groups -OCH3 is 2. The molecule has 3 rings (SSSR count). The first-order valence-corrected chi connectivity index (χ1v) is 10.6. The van der Waals surface area contributed by atoms with Crippen LogP contribution in [0.4, 0.5) is 0 Å². The van der Waals surface area contributed by atoms with Gasteiger partial charge in [-0.1, -0.05) is 36.0 Å². The number of rotatable bonds is 9. The molecule has 0 saturated carbocycles. The van der Waals surface area contributed by atoms with Gasteiger partial charge in [-0.3, -0.25) is 4.79 Å². The Labute approximate surface area is 182 Å². The standard InChI is InChI=1S/C24H26N2O3S/c1-26(16-8-9-18-13-14-21(28-2)22(17-18)29-3)24(27)20-12-7-15-25-23(20)30-19-10-5-4-6-11-19/h4-7,10-15,17H,8-9,16H2,1-3H3. The number of amides is 1. The second kappa shape index (κ2) is 10.7. The zero-order valence-corrected chi connectivity index (χ0v) is 18.3. The lowest BCUT2D eigenvalue weighted by Crippen LogP contribution is -2.28. The van der Waals surface area contributed by atoms with Crippen LogP contribution in [0.3, 0.4) is 0 Å². The molecule has 6 heteroatoms. The smallest absolute Gasteiger partial charge is 0.256 e. The van der Waals surface area contributed by atoms with Crippen molar-refractivity contribution in [2.75, 3.05) is 27.8 Å². The topological polar surface area (TPSA) is 51.7 Å². The maximum absolute atomic E-state index is 13.0. The molecule has 0 N–H and O–H groups in total. The van der Waals surface area contributed by atoms with Crippen LogP contribution in [0.15, 0.2) is 76.8 Å². The van der Waals surface area contributed by atoms with E-state index in [4.69, 9.17) is 9.47 Å². The van der Waals surface area contributed by atoms with Crippen LogP contribution in [0.1, 0.15) is 22.3 Å². The van der Waals surface area contributed by atoms with Crippen LogP contribution in [0, 0.1) is 0 Å². The minimum atomic E-state index is -0.0196. The van der Waals surface area contributed by atoms with Crippen molar-refractivity contribution >= 4 is 17.7 Å². The van der Waals surface area contributed by atoms with Crippen molar-refractivity contribution < 1.29 is 14.3 Å². The van der Waals surface area contributed by atoms with Crippen LogP contribution in [0.25, 0.3) is 0 Å². The zero-order valence-electron chi connectivity index (χ0n) is 17.5. The molecule has 0 spiro atoms. The van der Waals surface area contributed by atoms with E-state index in [0.717, 1.165) is 34.1 Å². The highest BCUT2D eigenvalue weighted by Crippen LogP contribution is 2.29. The second-order valence-electron chi connectivity index (χ2n) is 6.79. The van der Waals surface area contributed by atoms with Crippen molar-refractivity contribution in [3.8, 4) is 11.5 Å². The number of ether oxygens (including phenoxy) is 2. The Morgan fingerprint density at radius 3 is 2.50 bits per heavy atom. The average molecular weight is 423 g/mol. The molecule has 0 radical (unpaired) electrons. The lowest BCUT2D eigenvalue weighted by molar-refractivity contribution is 0.0789. The summed E-state index contributed by atoms with van der Waals surface area (Å²) in [6.45, 7) is 0.650. The monoisotopic (exact) mass is 422 g/mol. The predicted molar refractivity (Wildman–Crippen MR) is 120 cm³/mol. The highest BCUT2D eigenvalue weighted by molar-refractivity contribution is 7.99. The summed E-state index contributed by atoms with van der Waals surface area (Å²) in [6, 6.07) is 19.5. The lowest BCUT2D eigenvalue weighted by Gasteiger charge is -2.18. The minimum absolute atomic E-state index is 0.0196. The normalized spacial score (nSPS) is 10.5. The van der Waals surface area contributed by atoms with Gasteiger partial charge in [-0.2, -0.15) is 0 Å². The maximum Gasteiger partial charge on any atom is 0.256 e. The molecule has 3 aromatic rings. The molecule has 0 aliphatic heterocycles. The number of aromatic nitrogens is 1. The molecular weight excluding hydrogens is 396 g/mol. The summed E-state index contributed by atoms with van der Waals surface area (Å²) in [5.41, 5.74) is 1.77. The fraction of sp³-hybridized carbons (Fsp3) is 0.250. The van der Waals surface area contributed by atoms with E-state index in [2.05, 4.69) is 4.98 Å². The number of hydrogen-bond donors (Lipinski definition) is 0. The summed E-state index contributed by atoms with van der Waals surface area (Å²) in [4.78, 5) is 20.3. The van der Waals surface area contributed by atoms with Crippen LogP contribution in [0.5, 0.6) is 11.5 Å². The van der Waals surface area contributed by atoms with Crippen LogP contribution >= 0.6 is 11.8 Å². The van der Waals surface area contributed by atoms with E-state index >= 15 is 0 Å². The summed E-state index contributed by atoms with van der Waals surface area (Å²) in [7, 11) is 5.09. The summed E-state index contributed by atoms with van der Waals surface area (Å²) < 4.78 is 10.6. The third kappa shape index (κ3) is 5.54. The van der Waals surface area contributed by atoms with Crippen molar-refractivity contribution in [1.29, 1.82) is 0 Å². The van der Waals surface area contributed by atoms with Gasteiger partial charge in [0.05, 0.1) is 19.8 Å². The van der Waals surface area contributed by atoms with Gasteiger partial charge in [0, 0.05) is 24.7 Å². The van der Waals surface area contributed by atoms with Gasteiger partial charge in [-0.15, -0.1) is 0 Å². The Morgan fingerprint density at radius 2 is 1.77 bits per heavy atom. The van der Waals surface area contributed by atoms with Gasteiger partial charge < -0.3 is 14.4 Å². The highest BCUT2D eigenvalue weighted by Gasteiger charge is 2.17. The molecular formula is C24H26N2O3S. The Kier molecular flexibility index (Phi) is 7.74. The third-order valence-corrected chi connectivity index (χ3v) is 5.74. The molecule has 0 saturated heterocycles. The molecule has 0 aliphatic carbocycles. The van der Waals surface area contributed by atoms with Crippen LogP contribution in [-0.2, 0) is 6.42 Å². The molecule has 0 fully saturated rings. The molecule has 0 unspecified atom stereocenters. The van der Waals surface area contributed by atoms with Gasteiger partial charge in [0.15, 0.2) is 11.5 Å². The number of pyridine rings is 1. The van der Waals surface area contributed by atoms with Gasteiger partial charge in [0.25, 0.3) is 5.91 Å². The molecule has 0 aliphatic rings. The number of carbonyl (C=O) groups excluding carboxylic acids is 1. The Balaban J connectivity index is 1.61. The molecule has 2 aromatic carbocycles.